The van der Waals surface area contributed by atoms with Gasteiger partial charge in [0.1, 0.15) is 5.41 Å². The molecule has 29 heavy (non-hydrogen) atoms. The maximum Gasteiger partial charge on any atom is 0.224 e. The monoisotopic (exact) mass is 392 g/mol. The van der Waals surface area contributed by atoms with E-state index in [0.717, 1.165) is 22.0 Å². The van der Waals surface area contributed by atoms with Crippen molar-refractivity contribution >= 4 is 29.0 Å². The third kappa shape index (κ3) is 3.85. The van der Waals surface area contributed by atoms with E-state index in [4.69, 9.17) is 0 Å². The molecule has 0 saturated heterocycles. The highest BCUT2D eigenvalue weighted by Gasteiger charge is 2.45. The Labute approximate surface area is 173 Å². The summed E-state index contributed by atoms with van der Waals surface area (Å²) >= 11 is 0. The summed E-state index contributed by atoms with van der Waals surface area (Å²) in [4.78, 5) is 14.1. The molecule has 0 aliphatic carbocycles. The number of aryl methyl sites for hydroxylation is 1. The van der Waals surface area contributed by atoms with Crippen LogP contribution in [0.25, 0.3) is 0 Å². The molecule has 0 unspecified atom stereocenters. The molecule has 0 bridgehead atoms. The zero-order chi connectivity index (χ0) is 19.9. The molecule has 4 rings (SSSR count). The van der Waals surface area contributed by atoms with E-state index in [-0.39, 0.29) is 0 Å². The summed E-state index contributed by atoms with van der Waals surface area (Å²) in [7, 11) is -2.82. The van der Waals surface area contributed by atoms with Crippen molar-refractivity contribution in [3.05, 3.63) is 127 Å². The van der Waals surface area contributed by atoms with Gasteiger partial charge in [0.25, 0.3) is 0 Å². The highest BCUT2D eigenvalue weighted by atomic mass is 28.3. The van der Waals surface area contributed by atoms with Crippen molar-refractivity contribution in [3.63, 3.8) is 0 Å². The van der Waals surface area contributed by atoms with Crippen LogP contribution in [0.15, 0.2) is 121 Å². The Balaban J connectivity index is 1.87. The number of benzene rings is 4. The Hall–Kier alpha value is -3.23. The second-order valence-corrected chi connectivity index (χ2v) is 11.0. The Kier molecular flexibility index (Phi) is 5.83. The second kappa shape index (κ2) is 8.85. The van der Waals surface area contributed by atoms with E-state index in [9.17, 15) is 4.79 Å². The highest BCUT2D eigenvalue weighted by Crippen LogP contribution is 2.13. The van der Waals surface area contributed by atoms with Gasteiger partial charge in [-0.1, -0.05) is 121 Å². The predicted molar refractivity (Wildman–Crippen MR) is 124 cm³/mol. The molecule has 0 aliphatic rings. The van der Waals surface area contributed by atoms with Crippen LogP contribution in [0.1, 0.15) is 12.0 Å². The fourth-order valence-corrected chi connectivity index (χ4v) is 8.68. The normalized spacial score (nSPS) is 11.2. The van der Waals surface area contributed by atoms with Gasteiger partial charge in [-0.2, -0.15) is 0 Å². The van der Waals surface area contributed by atoms with Crippen LogP contribution < -0.4 is 15.6 Å². The Morgan fingerprint density at radius 1 is 0.517 bits per heavy atom. The van der Waals surface area contributed by atoms with Gasteiger partial charge >= 0.3 is 0 Å². The Morgan fingerprint density at radius 3 is 1.24 bits per heavy atom. The molecule has 0 amide bonds. The lowest BCUT2D eigenvalue weighted by Crippen LogP contribution is -2.72. The van der Waals surface area contributed by atoms with Crippen molar-refractivity contribution in [2.45, 2.75) is 12.8 Å². The van der Waals surface area contributed by atoms with Crippen molar-refractivity contribution in [2.75, 3.05) is 0 Å². The molecule has 0 radical (unpaired) electrons. The molecule has 2 heteroatoms. The lowest BCUT2D eigenvalue weighted by atomic mass is 10.1. The quantitative estimate of drug-likeness (QED) is 0.344. The molecule has 0 atom stereocenters. The first-order valence-corrected chi connectivity index (χ1v) is 12.1. The van der Waals surface area contributed by atoms with Gasteiger partial charge in [-0.15, -0.1) is 0 Å². The van der Waals surface area contributed by atoms with Gasteiger partial charge in [0, 0.05) is 6.42 Å². The number of hydrogen-bond donors (Lipinski definition) is 0. The Morgan fingerprint density at radius 2 is 0.862 bits per heavy atom. The van der Waals surface area contributed by atoms with Gasteiger partial charge in [-0.3, -0.25) is 0 Å². The van der Waals surface area contributed by atoms with E-state index >= 15 is 0 Å². The van der Waals surface area contributed by atoms with Crippen molar-refractivity contribution in [2.24, 2.45) is 0 Å². The molecule has 4 aromatic carbocycles. The highest BCUT2D eigenvalue weighted by molar-refractivity contribution is 7.29. The van der Waals surface area contributed by atoms with Crippen molar-refractivity contribution in [3.8, 4) is 0 Å². The van der Waals surface area contributed by atoms with Gasteiger partial charge in [0.15, 0.2) is 0 Å². The molecule has 0 aromatic heterocycles. The predicted octanol–water partition coefficient (Wildman–Crippen LogP) is 3.90. The minimum Gasteiger partial charge on any atom is -0.304 e. The first-order valence-electron chi connectivity index (χ1n) is 10.1. The molecule has 142 valence electrons. The smallest absolute Gasteiger partial charge is 0.224 e. The maximum absolute atomic E-state index is 14.1. The van der Waals surface area contributed by atoms with E-state index in [1.807, 2.05) is 72.8 Å². The summed E-state index contributed by atoms with van der Waals surface area (Å²) in [5.74, 6) is 0. The third-order valence-corrected chi connectivity index (χ3v) is 10.2. The molecule has 1 nitrogen and oxygen atoms in total. The van der Waals surface area contributed by atoms with E-state index in [0.29, 0.717) is 11.8 Å². The van der Waals surface area contributed by atoms with Crippen molar-refractivity contribution < 1.29 is 4.79 Å². The van der Waals surface area contributed by atoms with E-state index in [1.54, 1.807) is 0 Å². The first-order chi connectivity index (χ1) is 14.3. The summed E-state index contributed by atoms with van der Waals surface area (Å²) in [5.41, 5.74) is 1.21. The minimum atomic E-state index is -2.82. The average Bonchev–Trinajstić information content (AvgIpc) is 2.81. The lowest BCUT2D eigenvalue weighted by molar-refractivity contribution is -0.112. The topological polar surface area (TPSA) is 17.1 Å². The van der Waals surface area contributed by atoms with Gasteiger partial charge in [-0.25, -0.2) is 0 Å². The minimum absolute atomic E-state index is 0.352. The van der Waals surface area contributed by atoms with Crippen molar-refractivity contribution in [1.29, 1.82) is 0 Å². The van der Waals surface area contributed by atoms with Gasteiger partial charge in [0.05, 0.1) is 0 Å². The number of carbonyl (C=O) groups is 1. The molecule has 4 aromatic rings. The molecule has 0 spiro atoms. The molecule has 0 saturated carbocycles. The number of carbonyl (C=O) groups excluding carboxylic acids is 1. The molecule has 0 N–H and O–H groups in total. The van der Waals surface area contributed by atoms with Crippen LogP contribution in [0.2, 0.25) is 0 Å². The maximum atomic E-state index is 14.1. The molecule has 0 heterocycles. The number of hydrogen-bond acceptors (Lipinski definition) is 1. The largest absolute Gasteiger partial charge is 0.304 e. The third-order valence-electron chi connectivity index (χ3n) is 5.52. The SMILES string of the molecule is O=C(CCc1ccccc1)[Si](c1ccccc1)(c1ccccc1)c1ccccc1. The van der Waals surface area contributed by atoms with Crippen LogP contribution in [0, 0.1) is 0 Å². The lowest BCUT2D eigenvalue weighted by Gasteiger charge is -2.32. The summed E-state index contributed by atoms with van der Waals surface area (Å²) in [6.07, 6.45) is 1.30. The standard InChI is InChI=1S/C27H24OSi/c28-27(22-21-23-13-5-1-6-14-23)29(24-15-7-2-8-16-24,25-17-9-3-10-18-25)26-19-11-4-12-20-26/h1-20H,21-22H2. The van der Waals surface area contributed by atoms with Crippen LogP contribution in [-0.2, 0) is 11.2 Å². The van der Waals surface area contributed by atoms with Crippen LogP contribution in [-0.4, -0.2) is 13.5 Å². The molecule has 0 fully saturated rings. The number of rotatable bonds is 7. The molecular formula is C27H24OSi. The van der Waals surface area contributed by atoms with Crippen LogP contribution in [0.4, 0.5) is 0 Å². The summed E-state index contributed by atoms with van der Waals surface area (Å²) in [6, 6.07) is 41.4. The summed E-state index contributed by atoms with van der Waals surface area (Å²) in [6.45, 7) is 0. The fourth-order valence-electron chi connectivity index (χ4n) is 4.14. The summed E-state index contributed by atoms with van der Waals surface area (Å²) in [5, 5.41) is 3.80. The summed E-state index contributed by atoms with van der Waals surface area (Å²) < 4.78 is 0. The van der Waals surface area contributed by atoms with Gasteiger partial charge in [0.2, 0.25) is 8.07 Å². The van der Waals surface area contributed by atoms with Crippen LogP contribution >= 0.6 is 0 Å². The van der Waals surface area contributed by atoms with Gasteiger partial charge < -0.3 is 4.79 Å². The second-order valence-electron chi connectivity index (χ2n) is 7.26. The zero-order valence-corrected chi connectivity index (χ0v) is 17.4. The molecular weight excluding hydrogens is 368 g/mol. The van der Waals surface area contributed by atoms with Crippen LogP contribution in [0.3, 0.4) is 0 Å². The van der Waals surface area contributed by atoms with Crippen molar-refractivity contribution in [1.82, 2.24) is 0 Å². The fraction of sp³-hybridized carbons (Fsp3) is 0.0741. The average molecular weight is 393 g/mol. The zero-order valence-electron chi connectivity index (χ0n) is 16.4. The van der Waals surface area contributed by atoms with E-state index in [1.165, 1.54) is 5.56 Å². The van der Waals surface area contributed by atoms with Gasteiger partial charge in [-0.05, 0) is 27.5 Å². The van der Waals surface area contributed by atoms with Crippen LogP contribution in [0.5, 0.6) is 0 Å². The molecule has 0 aliphatic heterocycles. The first kappa shape index (κ1) is 19.1. The van der Waals surface area contributed by atoms with E-state index < -0.39 is 8.07 Å². The Bertz CT molecular complexity index is 948. The van der Waals surface area contributed by atoms with E-state index in [2.05, 4.69) is 48.5 Å².